The van der Waals surface area contributed by atoms with E-state index in [0.717, 1.165) is 0 Å². The quantitative estimate of drug-likeness (QED) is 0.786. The summed E-state index contributed by atoms with van der Waals surface area (Å²) in [7, 11) is 0. The molecule has 1 N–H and O–H groups in total. The zero-order valence-corrected chi connectivity index (χ0v) is 14.2. The standard InChI is InChI=1S/C12H7ClFN3O2.2C2H6/c13-10-9-12(15-8(18)5-19-9)17-11(16-10)6-2-1-3-7(14)4-6;2*1-2/h1-4H,5H2,(H,15,16,17,18);2*1-2H3. The van der Waals surface area contributed by atoms with Gasteiger partial charge in [-0.3, -0.25) is 4.79 Å². The smallest absolute Gasteiger partial charge is 0.263 e. The summed E-state index contributed by atoms with van der Waals surface area (Å²) < 4.78 is 18.3. The van der Waals surface area contributed by atoms with Crippen LogP contribution in [-0.4, -0.2) is 22.5 Å². The molecular formula is C16H19ClFN3O2. The van der Waals surface area contributed by atoms with Crippen molar-refractivity contribution in [2.45, 2.75) is 27.7 Å². The van der Waals surface area contributed by atoms with Crippen molar-refractivity contribution >= 4 is 23.3 Å². The van der Waals surface area contributed by atoms with Crippen LogP contribution in [0.2, 0.25) is 5.15 Å². The highest BCUT2D eigenvalue weighted by molar-refractivity contribution is 6.31. The molecular weight excluding hydrogens is 321 g/mol. The van der Waals surface area contributed by atoms with E-state index >= 15 is 0 Å². The summed E-state index contributed by atoms with van der Waals surface area (Å²) in [6, 6.07) is 5.78. The first-order chi connectivity index (χ1) is 11.1. The fraction of sp³-hybridized carbons (Fsp3) is 0.312. The van der Waals surface area contributed by atoms with Gasteiger partial charge in [-0.1, -0.05) is 51.4 Å². The van der Waals surface area contributed by atoms with Crippen molar-refractivity contribution in [1.82, 2.24) is 9.97 Å². The Labute approximate surface area is 139 Å². The molecule has 0 aliphatic carbocycles. The van der Waals surface area contributed by atoms with E-state index in [4.69, 9.17) is 16.3 Å². The minimum Gasteiger partial charge on any atom is -0.477 e. The van der Waals surface area contributed by atoms with Gasteiger partial charge in [0.2, 0.25) is 0 Å². The Balaban J connectivity index is 0.000000615. The molecule has 0 bridgehead atoms. The minimum atomic E-state index is -0.407. The fourth-order valence-electron chi connectivity index (χ4n) is 1.70. The Morgan fingerprint density at radius 3 is 2.57 bits per heavy atom. The van der Waals surface area contributed by atoms with Gasteiger partial charge in [-0.2, -0.15) is 0 Å². The van der Waals surface area contributed by atoms with Crippen molar-refractivity contribution in [2.24, 2.45) is 0 Å². The highest BCUT2D eigenvalue weighted by Crippen LogP contribution is 2.34. The number of benzene rings is 1. The van der Waals surface area contributed by atoms with Crippen molar-refractivity contribution in [3.05, 3.63) is 35.2 Å². The highest BCUT2D eigenvalue weighted by atomic mass is 35.5. The van der Waals surface area contributed by atoms with Crippen molar-refractivity contribution in [3.63, 3.8) is 0 Å². The second-order valence-corrected chi connectivity index (χ2v) is 4.22. The topological polar surface area (TPSA) is 64.1 Å². The van der Waals surface area contributed by atoms with Gasteiger partial charge in [0.25, 0.3) is 5.91 Å². The molecule has 23 heavy (non-hydrogen) atoms. The Morgan fingerprint density at radius 1 is 1.22 bits per heavy atom. The number of aromatic nitrogens is 2. The van der Waals surface area contributed by atoms with Gasteiger partial charge in [-0.05, 0) is 12.1 Å². The van der Waals surface area contributed by atoms with Gasteiger partial charge < -0.3 is 10.1 Å². The number of nitrogens with zero attached hydrogens (tertiary/aromatic N) is 2. The molecule has 3 rings (SSSR count). The van der Waals surface area contributed by atoms with Gasteiger partial charge in [0.1, 0.15) is 5.82 Å². The number of anilines is 1. The molecule has 0 saturated heterocycles. The van der Waals surface area contributed by atoms with Crippen LogP contribution in [0.1, 0.15) is 27.7 Å². The van der Waals surface area contributed by atoms with Gasteiger partial charge in [-0.15, -0.1) is 0 Å². The van der Waals surface area contributed by atoms with Crippen LogP contribution >= 0.6 is 11.6 Å². The van der Waals surface area contributed by atoms with Crippen LogP contribution in [0.4, 0.5) is 10.2 Å². The molecule has 1 aromatic heterocycles. The number of halogens is 2. The van der Waals surface area contributed by atoms with Crippen LogP contribution in [0.25, 0.3) is 11.4 Å². The lowest BCUT2D eigenvalue weighted by atomic mass is 10.2. The van der Waals surface area contributed by atoms with E-state index in [1.54, 1.807) is 6.07 Å². The zero-order valence-electron chi connectivity index (χ0n) is 13.5. The molecule has 1 aromatic carbocycles. The van der Waals surface area contributed by atoms with E-state index in [1.807, 2.05) is 27.7 Å². The Kier molecular flexibility index (Phi) is 7.41. The number of rotatable bonds is 1. The summed E-state index contributed by atoms with van der Waals surface area (Å²) in [5.41, 5.74) is 0.463. The van der Waals surface area contributed by atoms with E-state index in [-0.39, 0.29) is 35.1 Å². The zero-order chi connectivity index (χ0) is 17.4. The van der Waals surface area contributed by atoms with Crippen molar-refractivity contribution in [1.29, 1.82) is 0 Å². The van der Waals surface area contributed by atoms with Gasteiger partial charge in [0, 0.05) is 5.56 Å². The molecule has 2 aromatic rings. The van der Waals surface area contributed by atoms with E-state index < -0.39 is 5.82 Å². The predicted octanol–water partition coefficient (Wildman–Crippen LogP) is 4.32. The molecule has 1 amide bonds. The van der Waals surface area contributed by atoms with Crippen molar-refractivity contribution < 1.29 is 13.9 Å². The second kappa shape index (κ2) is 9.05. The molecule has 1 aliphatic heterocycles. The largest absolute Gasteiger partial charge is 0.477 e. The van der Waals surface area contributed by atoms with Crippen LogP contribution in [0, 0.1) is 5.82 Å². The summed E-state index contributed by atoms with van der Waals surface area (Å²) in [6.07, 6.45) is 0. The Hall–Kier alpha value is -2.21. The molecule has 0 radical (unpaired) electrons. The van der Waals surface area contributed by atoms with E-state index in [2.05, 4.69) is 15.3 Å². The summed E-state index contributed by atoms with van der Waals surface area (Å²) in [6.45, 7) is 7.87. The number of ether oxygens (including phenoxy) is 1. The maximum Gasteiger partial charge on any atom is 0.263 e. The third kappa shape index (κ3) is 4.63. The molecule has 0 atom stereocenters. The van der Waals surface area contributed by atoms with E-state index in [1.165, 1.54) is 18.2 Å². The Morgan fingerprint density at radius 2 is 1.91 bits per heavy atom. The van der Waals surface area contributed by atoms with Crippen LogP contribution in [-0.2, 0) is 4.79 Å². The predicted molar refractivity (Wildman–Crippen MR) is 89.3 cm³/mol. The molecule has 2 heterocycles. The van der Waals surface area contributed by atoms with Gasteiger partial charge in [0.05, 0.1) is 0 Å². The SMILES string of the molecule is CC.CC.O=C1COc2c(Cl)nc(-c3cccc(F)c3)nc2N1. The average Bonchev–Trinajstić information content (AvgIpc) is 2.58. The highest BCUT2D eigenvalue weighted by Gasteiger charge is 2.22. The number of fused-ring (bicyclic) bond motifs is 1. The van der Waals surface area contributed by atoms with Gasteiger partial charge in [0.15, 0.2) is 29.2 Å². The monoisotopic (exact) mass is 339 g/mol. The van der Waals surface area contributed by atoms with Crippen LogP contribution in [0.5, 0.6) is 5.75 Å². The van der Waals surface area contributed by atoms with Crippen molar-refractivity contribution in [2.75, 3.05) is 11.9 Å². The number of carbonyl (C=O) groups excluding carboxylic acids is 1. The second-order valence-electron chi connectivity index (χ2n) is 3.86. The lowest BCUT2D eigenvalue weighted by Gasteiger charge is -2.18. The average molecular weight is 340 g/mol. The lowest BCUT2D eigenvalue weighted by Crippen LogP contribution is -2.26. The molecule has 5 nitrogen and oxygen atoms in total. The third-order valence-electron chi connectivity index (χ3n) is 2.51. The number of hydrogen-bond donors (Lipinski definition) is 1. The first-order valence-corrected chi connectivity index (χ1v) is 7.77. The first kappa shape index (κ1) is 18.8. The van der Waals surface area contributed by atoms with Gasteiger partial charge in [-0.25, -0.2) is 14.4 Å². The fourth-order valence-corrected chi connectivity index (χ4v) is 1.92. The molecule has 7 heteroatoms. The van der Waals surface area contributed by atoms with Crippen LogP contribution in [0.15, 0.2) is 24.3 Å². The van der Waals surface area contributed by atoms with Crippen LogP contribution < -0.4 is 10.1 Å². The summed E-state index contributed by atoms with van der Waals surface area (Å²) >= 11 is 5.96. The molecule has 0 saturated carbocycles. The molecule has 0 fully saturated rings. The summed E-state index contributed by atoms with van der Waals surface area (Å²) in [5.74, 6) is -0.103. The van der Waals surface area contributed by atoms with Crippen LogP contribution in [0.3, 0.4) is 0 Å². The lowest BCUT2D eigenvalue weighted by molar-refractivity contribution is -0.118. The molecule has 124 valence electrons. The minimum absolute atomic E-state index is 0.0734. The Bertz CT molecular complexity index is 680. The third-order valence-corrected chi connectivity index (χ3v) is 2.77. The summed E-state index contributed by atoms with van der Waals surface area (Å²) in [5, 5.41) is 2.61. The number of carbonyl (C=O) groups is 1. The van der Waals surface area contributed by atoms with E-state index in [9.17, 15) is 9.18 Å². The first-order valence-electron chi connectivity index (χ1n) is 7.39. The maximum absolute atomic E-state index is 13.2. The maximum atomic E-state index is 13.2. The normalized spacial score (nSPS) is 11.7. The molecule has 0 spiro atoms. The number of hydrogen-bond acceptors (Lipinski definition) is 4. The number of amides is 1. The molecule has 0 unspecified atom stereocenters. The van der Waals surface area contributed by atoms with E-state index in [0.29, 0.717) is 5.56 Å². The number of nitrogens with one attached hydrogen (secondary N) is 1. The van der Waals surface area contributed by atoms with Gasteiger partial charge >= 0.3 is 0 Å². The summed E-state index contributed by atoms with van der Waals surface area (Å²) in [4.78, 5) is 19.4. The molecule has 1 aliphatic rings. The van der Waals surface area contributed by atoms with Crippen molar-refractivity contribution in [3.8, 4) is 17.1 Å².